The van der Waals surface area contributed by atoms with Gasteiger partial charge in [0.2, 0.25) is 0 Å². The molecule has 1 aliphatic heterocycles. The Kier molecular flexibility index (Phi) is 5.67. The smallest absolute Gasteiger partial charge is 0.261 e. The molecular formula is C22H21N3O3S. The van der Waals surface area contributed by atoms with Crippen LogP contribution in [0.2, 0.25) is 0 Å². The number of aromatic nitrogens is 2. The minimum absolute atomic E-state index is 0.188. The number of carbonyl (C=O) groups is 2. The van der Waals surface area contributed by atoms with Crippen LogP contribution in [0.3, 0.4) is 0 Å². The zero-order valence-corrected chi connectivity index (χ0v) is 16.9. The number of hydrogen-bond acceptors (Lipinski definition) is 5. The van der Waals surface area contributed by atoms with E-state index in [0.717, 1.165) is 35.2 Å². The van der Waals surface area contributed by atoms with E-state index in [1.165, 1.54) is 4.90 Å². The van der Waals surface area contributed by atoms with Gasteiger partial charge in [-0.25, -0.2) is 4.98 Å². The molecule has 1 aromatic heterocycles. The second-order valence-electron chi connectivity index (χ2n) is 6.64. The first-order valence-electron chi connectivity index (χ1n) is 9.45. The van der Waals surface area contributed by atoms with Gasteiger partial charge in [0.25, 0.3) is 11.8 Å². The average Bonchev–Trinajstić information content (AvgIpc) is 3.32. The van der Waals surface area contributed by atoms with E-state index in [-0.39, 0.29) is 11.8 Å². The van der Waals surface area contributed by atoms with Gasteiger partial charge < -0.3 is 4.74 Å². The van der Waals surface area contributed by atoms with Crippen molar-refractivity contribution in [2.45, 2.75) is 18.0 Å². The number of carbonyl (C=O) groups excluding carboxylic acids is 2. The number of unbranched alkanes of at least 4 members (excludes halogenated alkanes) is 1. The monoisotopic (exact) mass is 407 g/mol. The van der Waals surface area contributed by atoms with Crippen LogP contribution in [0.5, 0.6) is 5.75 Å². The maximum Gasteiger partial charge on any atom is 0.261 e. The number of rotatable bonds is 8. The number of nitrogens with zero attached hydrogens (tertiary/aromatic N) is 3. The summed E-state index contributed by atoms with van der Waals surface area (Å²) in [5.41, 5.74) is 2.01. The summed E-state index contributed by atoms with van der Waals surface area (Å²) in [7, 11) is 1.65. The molecule has 0 saturated carbocycles. The third-order valence-corrected chi connectivity index (χ3v) is 5.88. The van der Waals surface area contributed by atoms with Crippen molar-refractivity contribution < 1.29 is 14.3 Å². The average molecular weight is 407 g/mol. The van der Waals surface area contributed by atoms with Crippen LogP contribution in [0.25, 0.3) is 5.69 Å². The number of benzene rings is 2. The predicted molar refractivity (Wildman–Crippen MR) is 112 cm³/mol. The van der Waals surface area contributed by atoms with Crippen molar-refractivity contribution in [3.63, 3.8) is 0 Å². The minimum Gasteiger partial charge on any atom is -0.497 e. The fraction of sp³-hybridized carbons (Fsp3) is 0.227. The molecule has 2 amide bonds. The van der Waals surface area contributed by atoms with E-state index in [9.17, 15) is 9.59 Å². The van der Waals surface area contributed by atoms with E-state index in [1.807, 2.05) is 35.0 Å². The summed E-state index contributed by atoms with van der Waals surface area (Å²) in [6.07, 6.45) is 5.35. The highest BCUT2D eigenvalue weighted by molar-refractivity contribution is 7.99. The maximum absolute atomic E-state index is 12.4. The molecule has 3 aromatic rings. The molecule has 2 heterocycles. The van der Waals surface area contributed by atoms with Gasteiger partial charge >= 0.3 is 0 Å². The summed E-state index contributed by atoms with van der Waals surface area (Å²) < 4.78 is 7.32. The molecule has 0 atom stereocenters. The van der Waals surface area contributed by atoms with Gasteiger partial charge in [-0.3, -0.25) is 19.1 Å². The Morgan fingerprint density at radius 1 is 1.00 bits per heavy atom. The molecule has 7 heteroatoms. The van der Waals surface area contributed by atoms with Gasteiger partial charge in [-0.05, 0) is 37.1 Å². The van der Waals surface area contributed by atoms with Crippen LogP contribution in [0, 0.1) is 0 Å². The Balaban J connectivity index is 1.30. The van der Waals surface area contributed by atoms with Crippen molar-refractivity contribution in [2.75, 3.05) is 19.4 Å². The molecule has 4 rings (SSSR count). The van der Waals surface area contributed by atoms with Gasteiger partial charge in [-0.2, -0.15) is 0 Å². The van der Waals surface area contributed by atoms with Crippen LogP contribution in [0.4, 0.5) is 0 Å². The minimum atomic E-state index is -0.188. The Hall–Kier alpha value is -3.06. The van der Waals surface area contributed by atoms with E-state index in [0.29, 0.717) is 17.7 Å². The van der Waals surface area contributed by atoms with E-state index in [2.05, 4.69) is 4.98 Å². The van der Waals surface area contributed by atoms with Crippen molar-refractivity contribution >= 4 is 23.6 Å². The zero-order chi connectivity index (χ0) is 20.2. The van der Waals surface area contributed by atoms with Crippen LogP contribution in [-0.4, -0.2) is 45.7 Å². The summed E-state index contributed by atoms with van der Waals surface area (Å²) in [6.45, 7) is 0.442. The van der Waals surface area contributed by atoms with Crippen LogP contribution in [0.1, 0.15) is 33.6 Å². The highest BCUT2D eigenvalue weighted by atomic mass is 32.2. The first-order valence-corrected chi connectivity index (χ1v) is 10.4. The number of imidazole rings is 1. The zero-order valence-electron chi connectivity index (χ0n) is 16.1. The standard InChI is InChI=1S/C22H21N3O3S/c1-28-17-8-6-7-16(15-17)24-13-11-23-22(24)29-14-5-4-12-25-20(26)18-9-2-3-10-19(18)21(25)27/h2-3,6-11,13,15H,4-5,12,14H2,1H3. The Bertz CT molecular complexity index is 1010. The van der Waals surface area contributed by atoms with Gasteiger partial charge in [0.15, 0.2) is 5.16 Å². The molecule has 1 aliphatic rings. The van der Waals surface area contributed by atoms with E-state index >= 15 is 0 Å². The Morgan fingerprint density at radius 2 is 1.76 bits per heavy atom. The number of amides is 2. The molecule has 29 heavy (non-hydrogen) atoms. The third kappa shape index (κ3) is 3.91. The lowest BCUT2D eigenvalue weighted by Crippen LogP contribution is -2.30. The molecule has 0 spiro atoms. The van der Waals surface area contributed by atoms with Crippen LogP contribution < -0.4 is 4.74 Å². The van der Waals surface area contributed by atoms with Crippen molar-refractivity contribution in [3.8, 4) is 11.4 Å². The molecule has 2 aromatic carbocycles. The quantitative estimate of drug-likeness (QED) is 0.320. The summed E-state index contributed by atoms with van der Waals surface area (Å²) >= 11 is 1.66. The number of hydrogen-bond donors (Lipinski definition) is 0. The highest BCUT2D eigenvalue weighted by Crippen LogP contribution is 2.25. The van der Waals surface area contributed by atoms with Crippen molar-refractivity contribution in [2.24, 2.45) is 0 Å². The molecule has 6 nitrogen and oxygen atoms in total. The molecule has 0 unspecified atom stereocenters. The Labute approximate surface area is 173 Å². The normalized spacial score (nSPS) is 13.1. The molecule has 0 N–H and O–H groups in total. The van der Waals surface area contributed by atoms with Crippen molar-refractivity contribution in [1.82, 2.24) is 14.5 Å². The fourth-order valence-corrected chi connectivity index (χ4v) is 4.30. The highest BCUT2D eigenvalue weighted by Gasteiger charge is 2.34. The number of imide groups is 1. The summed E-state index contributed by atoms with van der Waals surface area (Å²) in [6, 6.07) is 14.8. The van der Waals surface area contributed by atoms with Gasteiger partial charge in [-0.15, -0.1) is 0 Å². The van der Waals surface area contributed by atoms with Gasteiger partial charge in [-0.1, -0.05) is 30.0 Å². The van der Waals surface area contributed by atoms with Crippen LogP contribution in [-0.2, 0) is 0 Å². The van der Waals surface area contributed by atoms with E-state index in [4.69, 9.17) is 4.74 Å². The summed E-state index contributed by atoms with van der Waals surface area (Å²) in [4.78, 5) is 30.6. The Morgan fingerprint density at radius 3 is 2.48 bits per heavy atom. The van der Waals surface area contributed by atoms with Gasteiger partial charge in [0, 0.05) is 30.8 Å². The lowest BCUT2D eigenvalue weighted by molar-refractivity contribution is 0.0652. The molecule has 0 aliphatic carbocycles. The number of methoxy groups -OCH3 is 1. The molecule has 0 radical (unpaired) electrons. The number of fused-ring (bicyclic) bond motifs is 1. The molecule has 0 fully saturated rings. The lowest BCUT2D eigenvalue weighted by atomic mass is 10.1. The van der Waals surface area contributed by atoms with Crippen molar-refractivity contribution in [3.05, 3.63) is 72.1 Å². The number of ether oxygens (including phenoxy) is 1. The largest absolute Gasteiger partial charge is 0.497 e. The molecule has 148 valence electrons. The SMILES string of the molecule is COc1cccc(-n2ccnc2SCCCCN2C(=O)c3ccccc3C2=O)c1. The maximum atomic E-state index is 12.4. The summed E-state index contributed by atoms with van der Waals surface area (Å²) in [5, 5.41) is 0.902. The first kappa shape index (κ1) is 19.3. The predicted octanol–water partition coefficient (Wildman–Crippen LogP) is 4.05. The van der Waals surface area contributed by atoms with Crippen molar-refractivity contribution in [1.29, 1.82) is 0 Å². The van der Waals surface area contributed by atoms with Crippen LogP contribution >= 0.6 is 11.8 Å². The van der Waals surface area contributed by atoms with Gasteiger partial charge in [0.1, 0.15) is 5.75 Å². The molecule has 0 saturated heterocycles. The second kappa shape index (κ2) is 8.53. The molecule has 0 bridgehead atoms. The first-order chi connectivity index (χ1) is 14.2. The van der Waals surface area contributed by atoms with E-state index < -0.39 is 0 Å². The third-order valence-electron chi connectivity index (χ3n) is 4.82. The summed E-state index contributed by atoms with van der Waals surface area (Å²) in [5.74, 6) is 1.27. The van der Waals surface area contributed by atoms with Crippen LogP contribution in [0.15, 0.2) is 66.1 Å². The fourth-order valence-electron chi connectivity index (χ4n) is 3.33. The second-order valence-corrected chi connectivity index (χ2v) is 7.71. The topological polar surface area (TPSA) is 64.4 Å². The van der Waals surface area contributed by atoms with E-state index in [1.54, 1.807) is 49.3 Å². The molecular weight excluding hydrogens is 386 g/mol. The number of thioether (sulfide) groups is 1. The lowest BCUT2D eigenvalue weighted by Gasteiger charge is -2.13. The van der Waals surface area contributed by atoms with Gasteiger partial charge in [0.05, 0.1) is 23.9 Å².